The summed E-state index contributed by atoms with van der Waals surface area (Å²) in [6.45, 7) is 0.0990. The number of alkyl halides is 1. The summed E-state index contributed by atoms with van der Waals surface area (Å²) in [6.07, 6.45) is 4.53. The van der Waals surface area contributed by atoms with Gasteiger partial charge in [0, 0.05) is 11.6 Å². The second kappa shape index (κ2) is 6.52. The Morgan fingerprint density at radius 2 is 2.05 bits per heavy atom. The minimum atomic E-state index is -0.550. The number of carbonyl (C=O) groups is 1. The van der Waals surface area contributed by atoms with Gasteiger partial charge < -0.3 is 5.32 Å². The summed E-state index contributed by atoms with van der Waals surface area (Å²) >= 11 is 5.50. The van der Waals surface area contributed by atoms with Crippen molar-refractivity contribution < 1.29 is 4.79 Å². The SMILES string of the molecule is O=NN(CCCl)C(=O)Nc1ccc2c(c1)CCCC2. The number of hydrogen-bond acceptors (Lipinski definition) is 3. The van der Waals surface area contributed by atoms with Gasteiger partial charge in [-0.05, 0) is 48.9 Å². The summed E-state index contributed by atoms with van der Waals surface area (Å²) in [4.78, 5) is 22.3. The van der Waals surface area contributed by atoms with Gasteiger partial charge in [0.1, 0.15) is 0 Å². The number of urea groups is 1. The lowest BCUT2D eigenvalue weighted by molar-refractivity contribution is 0.216. The number of hydrogen-bond donors (Lipinski definition) is 1. The molecule has 6 heteroatoms. The lowest BCUT2D eigenvalue weighted by Gasteiger charge is -2.18. The highest BCUT2D eigenvalue weighted by Gasteiger charge is 2.15. The number of aryl methyl sites for hydroxylation is 2. The van der Waals surface area contributed by atoms with Crippen molar-refractivity contribution in [2.75, 3.05) is 17.7 Å². The maximum absolute atomic E-state index is 11.8. The first-order valence-corrected chi connectivity index (χ1v) is 6.87. The van der Waals surface area contributed by atoms with E-state index in [4.69, 9.17) is 11.6 Å². The van der Waals surface area contributed by atoms with E-state index in [1.165, 1.54) is 24.0 Å². The van der Waals surface area contributed by atoms with E-state index >= 15 is 0 Å². The molecule has 1 aliphatic rings. The molecule has 0 bridgehead atoms. The third-order valence-corrected chi connectivity index (χ3v) is 3.40. The van der Waals surface area contributed by atoms with Gasteiger partial charge in [-0.25, -0.2) is 4.79 Å². The predicted molar refractivity (Wildman–Crippen MR) is 75.3 cm³/mol. The van der Waals surface area contributed by atoms with Crippen LogP contribution in [-0.2, 0) is 12.8 Å². The van der Waals surface area contributed by atoms with Crippen molar-refractivity contribution in [3.63, 3.8) is 0 Å². The Morgan fingerprint density at radius 3 is 2.74 bits per heavy atom. The van der Waals surface area contributed by atoms with E-state index in [1.54, 1.807) is 0 Å². The van der Waals surface area contributed by atoms with Crippen molar-refractivity contribution in [3.05, 3.63) is 34.2 Å². The summed E-state index contributed by atoms with van der Waals surface area (Å²) < 4.78 is 0. The number of amides is 2. The number of nitroso groups, excluding NO2 is 1. The molecule has 102 valence electrons. The molecule has 0 aromatic heterocycles. The summed E-state index contributed by atoms with van der Waals surface area (Å²) in [5, 5.41) is 6.09. The van der Waals surface area contributed by atoms with E-state index in [0.717, 1.165) is 17.9 Å². The van der Waals surface area contributed by atoms with Crippen LogP contribution in [0, 0.1) is 4.91 Å². The number of benzene rings is 1. The topological polar surface area (TPSA) is 61.8 Å². The Hall–Kier alpha value is -1.62. The molecular weight excluding hydrogens is 266 g/mol. The molecule has 1 aliphatic carbocycles. The molecule has 0 fully saturated rings. The predicted octanol–water partition coefficient (Wildman–Crippen LogP) is 3.32. The number of anilines is 1. The fraction of sp³-hybridized carbons (Fsp3) is 0.462. The number of nitrogens with zero attached hydrogens (tertiary/aromatic N) is 2. The van der Waals surface area contributed by atoms with Crippen LogP contribution in [0.15, 0.2) is 23.5 Å². The molecule has 0 heterocycles. The molecule has 19 heavy (non-hydrogen) atoms. The second-order valence-electron chi connectivity index (χ2n) is 4.51. The smallest absolute Gasteiger partial charge is 0.306 e. The number of fused-ring (bicyclic) bond motifs is 1. The zero-order valence-electron chi connectivity index (χ0n) is 10.6. The standard InChI is InChI=1S/C13H16ClN3O2/c14-7-8-17(16-19)13(18)15-12-6-5-10-3-1-2-4-11(10)9-12/h5-6,9H,1-4,7-8H2,(H,15,18). The minimum Gasteiger partial charge on any atom is -0.306 e. The molecule has 0 atom stereocenters. The fourth-order valence-electron chi connectivity index (χ4n) is 2.26. The van der Waals surface area contributed by atoms with E-state index in [9.17, 15) is 9.70 Å². The van der Waals surface area contributed by atoms with E-state index in [-0.39, 0.29) is 12.4 Å². The van der Waals surface area contributed by atoms with Crippen LogP contribution in [0.1, 0.15) is 24.0 Å². The molecule has 1 aromatic carbocycles. The number of nitrogens with one attached hydrogen (secondary N) is 1. The normalized spacial score (nSPS) is 13.5. The average molecular weight is 282 g/mol. The highest BCUT2D eigenvalue weighted by atomic mass is 35.5. The summed E-state index contributed by atoms with van der Waals surface area (Å²) in [7, 11) is 0. The van der Waals surface area contributed by atoms with Gasteiger partial charge in [-0.15, -0.1) is 16.5 Å². The quantitative estimate of drug-likeness (QED) is 0.523. The van der Waals surface area contributed by atoms with Crippen LogP contribution < -0.4 is 5.32 Å². The Balaban J connectivity index is 2.06. The third-order valence-electron chi connectivity index (χ3n) is 3.23. The Bertz CT molecular complexity index is 479. The van der Waals surface area contributed by atoms with Gasteiger partial charge in [0.15, 0.2) is 0 Å². The van der Waals surface area contributed by atoms with Gasteiger partial charge in [-0.1, -0.05) is 6.07 Å². The first kappa shape index (κ1) is 13.8. The van der Waals surface area contributed by atoms with Crippen molar-refractivity contribution in [3.8, 4) is 0 Å². The summed E-state index contributed by atoms with van der Waals surface area (Å²) in [5.74, 6) is 0.170. The van der Waals surface area contributed by atoms with E-state index < -0.39 is 6.03 Å². The van der Waals surface area contributed by atoms with Crippen LogP contribution in [0.5, 0.6) is 0 Å². The highest BCUT2D eigenvalue weighted by Crippen LogP contribution is 2.24. The Labute approximate surface area is 116 Å². The zero-order chi connectivity index (χ0) is 13.7. The lowest BCUT2D eigenvalue weighted by atomic mass is 9.91. The van der Waals surface area contributed by atoms with Crippen molar-refractivity contribution in [2.24, 2.45) is 5.29 Å². The van der Waals surface area contributed by atoms with E-state index in [2.05, 4.69) is 10.6 Å². The van der Waals surface area contributed by atoms with Gasteiger partial charge in [0.2, 0.25) is 0 Å². The van der Waals surface area contributed by atoms with Gasteiger partial charge in [-0.2, -0.15) is 5.01 Å². The summed E-state index contributed by atoms with van der Waals surface area (Å²) in [5.41, 5.74) is 3.30. The third kappa shape index (κ3) is 3.44. The molecular formula is C13H16ClN3O2. The minimum absolute atomic E-state index is 0.0990. The van der Waals surface area contributed by atoms with Crippen LogP contribution in [0.25, 0.3) is 0 Å². The first-order valence-electron chi connectivity index (χ1n) is 6.34. The van der Waals surface area contributed by atoms with Crippen molar-refractivity contribution >= 4 is 23.3 Å². The summed E-state index contributed by atoms with van der Waals surface area (Å²) in [6, 6.07) is 5.30. The lowest BCUT2D eigenvalue weighted by Crippen LogP contribution is -2.31. The first-order chi connectivity index (χ1) is 9.24. The molecule has 2 rings (SSSR count). The number of carbonyl (C=O) groups excluding carboxylic acids is 1. The molecule has 1 aromatic rings. The molecule has 0 saturated heterocycles. The zero-order valence-corrected chi connectivity index (χ0v) is 11.3. The molecule has 0 saturated carbocycles. The molecule has 0 spiro atoms. The molecule has 0 unspecified atom stereocenters. The Morgan fingerprint density at radius 1 is 1.32 bits per heavy atom. The fourth-order valence-corrected chi connectivity index (χ4v) is 2.42. The van der Waals surface area contributed by atoms with Gasteiger partial charge in [0.05, 0.1) is 11.8 Å². The second-order valence-corrected chi connectivity index (χ2v) is 4.89. The van der Waals surface area contributed by atoms with Crippen molar-refractivity contribution in [1.29, 1.82) is 0 Å². The van der Waals surface area contributed by atoms with E-state index in [0.29, 0.717) is 5.69 Å². The van der Waals surface area contributed by atoms with Crippen LogP contribution in [0.4, 0.5) is 10.5 Å². The van der Waals surface area contributed by atoms with Crippen molar-refractivity contribution in [2.45, 2.75) is 25.7 Å². The van der Waals surface area contributed by atoms with Crippen LogP contribution in [0.2, 0.25) is 0 Å². The van der Waals surface area contributed by atoms with Gasteiger partial charge in [-0.3, -0.25) is 0 Å². The Kier molecular flexibility index (Phi) is 4.74. The van der Waals surface area contributed by atoms with Gasteiger partial charge >= 0.3 is 6.03 Å². The molecule has 0 radical (unpaired) electrons. The molecule has 0 aliphatic heterocycles. The number of halogens is 1. The maximum Gasteiger partial charge on any atom is 0.344 e. The molecule has 2 amide bonds. The van der Waals surface area contributed by atoms with Gasteiger partial charge in [0.25, 0.3) is 0 Å². The maximum atomic E-state index is 11.8. The molecule has 1 N–H and O–H groups in total. The largest absolute Gasteiger partial charge is 0.344 e. The van der Waals surface area contributed by atoms with Crippen molar-refractivity contribution in [1.82, 2.24) is 5.01 Å². The van der Waals surface area contributed by atoms with E-state index in [1.807, 2.05) is 18.2 Å². The highest BCUT2D eigenvalue weighted by molar-refractivity contribution is 6.18. The van der Waals surface area contributed by atoms with Crippen LogP contribution in [0.3, 0.4) is 0 Å². The van der Waals surface area contributed by atoms with Crippen LogP contribution in [-0.4, -0.2) is 23.5 Å². The number of rotatable bonds is 4. The average Bonchev–Trinajstić information content (AvgIpc) is 2.44. The molecule has 5 nitrogen and oxygen atoms in total. The van der Waals surface area contributed by atoms with Crippen LogP contribution >= 0.6 is 11.6 Å². The monoisotopic (exact) mass is 281 g/mol.